The topological polar surface area (TPSA) is 63.2 Å². The van der Waals surface area contributed by atoms with E-state index in [1.807, 2.05) is 13.0 Å². The summed E-state index contributed by atoms with van der Waals surface area (Å²) in [4.78, 5) is 12.4. The van der Waals surface area contributed by atoms with E-state index in [-0.39, 0.29) is 11.7 Å². The lowest BCUT2D eigenvalue weighted by molar-refractivity contribution is 0.102. The van der Waals surface area contributed by atoms with Gasteiger partial charge in [0.15, 0.2) is 9.84 Å². The predicted molar refractivity (Wildman–Crippen MR) is 103 cm³/mol. The quantitative estimate of drug-likeness (QED) is 0.736. The third-order valence-corrected chi connectivity index (χ3v) is 5.69. The molecule has 0 radical (unpaired) electrons. The van der Waals surface area contributed by atoms with Crippen molar-refractivity contribution in [3.63, 3.8) is 0 Å². The Morgan fingerprint density at radius 1 is 0.846 bits per heavy atom. The van der Waals surface area contributed by atoms with Crippen molar-refractivity contribution in [2.45, 2.75) is 17.6 Å². The van der Waals surface area contributed by atoms with Crippen molar-refractivity contribution < 1.29 is 13.2 Å². The van der Waals surface area contributed by atoms with E-state index in [9.17, 15) is 13.2 Å². The Labute approximate surface area is 153 Å². The largest absolute Gasteiger partial charge is 0.322 e. The molecule has 0 heterocycles. The van der Waals surface area contributed by atoms with E-state index in [4.69, 9.17) is 0 Å². The smallest absolute Gasteiger partial charge is 0.255 e. The summed E-state index contributed by atoms with van der Waals surface area (Å²) >= 11 is 0. The number of hydrogen-bond acceptors (Lipinski definition) is 3. The highest BCUT2D eigenvalue weighted by Crippen LogP contribution is 2.19. The van der Waals surface area contributed by atoms with Crippen molar-refractivity contribution >= 4 is 21.4 Å². The minimum absolute atomic E-state index is 0.0804. The molecule has 0 spiro atoms. The normalized spacial score (nSPS) is 11.1. The number of carbonyl (C=O) groups excluding carboxylic acids is 1. The molecule has 1 N–H and O–H groups in total. The van der Waals surface area contributed by atoms with Gasteiger partial charge in [0.2, 0.25) is 0 Å². The molecular weight excluding hydrogens is 346 g/mol. The number of nitrogens with one attached hydrogen (secondary N) is 1. The molecule has 0 aliphatic heterocycles. The maximum Gasteiger partial charge on any atom is 0.255 e. The first kappa shape index (κ1) is 17.9. The first-order valence-electron chi connectivity index (χ1n) is 8.19. The SMILES string of the molecule is Cc1ccc(S(=O)(=O)Cc2ccc(NC(=O)c3ccccc3)cc2)cc1. The Kier molecular flexibility index (Phi) is 5.19. The lowest BCUT2D eigenvalue weighted by atomic mass is 10.2. The molecular formula is C21H19NO3S. The third-order valence-electron chi connectivity index (χ3n) is 3.98. The molecule has 0 aliphatic rings. The van der Waals surface area contributed by atoms with Crippen molar-refractivity contribution in [3.8, 4) is 0 Å². The fourth-order valence-electron chi connectivity index (χ4n) is 2.53. The van der Waals surface area contributed by atoms with Crippen LogP contribution in [-0.4, -0.2) is 14.3 Å². The van der Waals surface area contributed by atoms with Gasteiger partial charge in [-0.3, -0.25) is 4.79 Å². The lowest BCUT2D eigenvalue weighted by Crippen LogP contribution is -2.11. The van der Waals surface area contributed by atoms with Crippen LogP contribution in [0.25, 0.3) is 0 Å². The summed E-state index contributed by atoms with van der Waals surface area (Å²) in [5.41, 5.74) is 2.87. The Morgan fingerprint density at radius 3 is 2.08 bits per heavy atom. The van der Waals surface area contributed by atoms with E-state index in [1.54, 1.807) is 72.8 Å². The number of anilines is 1. The minimum atomic E-state index is -3.40. The predicted octanol–water partition coefficient (Wildman–Crippen LogP) is 4.22. The fourth-order valence-corrected chi connectivity index (χ4v) is 3.87. The highest BCUT2D eigenvalue weighted by atomic mass is 32.2. The Hall–Kier alpha value is -2.92. The van der Waals surface area contributed by atoms with Gasteiger partial charge in [0, 0.05) is 11.3 Å². The van der Waals surface area contributed by atoms with E-state index < -0.39 is 9.84 Å². The molecule has 5 heteroatoms. The number of carbonyl (C=O) groups is 1. The van der Waals surface area contributed by atoms with Gasteiger partial charge in [0.25, 0.3) is 5.91 Å². The van der Waals surface area contributed by atoms with E-state index in [2.05, 4.69) is 5.32 Å². The van der Waals surface area contributed by atoms with E-state index >= 15 is 0 Å². The Bertz CT molecular complexity index is 993. The van der Waals surface area contributed by atoms with Crippen LogP contribution in [0.4, 0.5) is 5.69 Å². The van der Waals surface area contributed by atoms with Crippen LogP contribution in [0.2, 0.25) is 0 Å². The number of rotatable bonds is 5. The molecule has 0 atom stereocenters. The Morgan fingerprint density at radius 2 is 1.46 bits per heavy atom. The van der Waals surface area contributed by atoms with Gasteiger partial charge in [-0.05, 0) is 48.9 Å². The third kappa shape index (κ3) is 4.37. The molecule has 4 nitrogen and oxygen atoms in total. The van der Waals surface area contributed by atoms with Crippen LogP contribution in [-0.2, 0) is 15.6 Å². The second-order valence-corrected chi connectivity index (χ2v) is 8.08. The van der Waals surface area contributed by atoms with Gasteiger partial charge in [-0.2, -0.15) is 0 Å². The zero-order chi connectivity index (χ0) is 18.6. The van der Waals surface area contributed by atoms with Gasteiger partial charge in [0.05, 0.1) is 10.6 Å². The summed E-state index contributed by atoms with van der Waals surface area (Å²) in [7, 11) is -3.40. The molecule has 0 bridgehead atoms. The minimum Gasteiger partial charge on any atom is -0.322 e. The van der Waals surface area contributed by atoms with Gasteiger partial charge in [-0.15, -0.1) is 0 Å². The average Bonchev–Trinajstić information content (AvgIpc) is 2.64. The van der Waals surface area contributed by atoms with Crippen molar-refractivity contribution in [1.29, 1.82) is 0 Å². The zero-order valence-electron chi connectivity index (χ0n) is 14.3. The molecule has 0 aromatic heterocycles. The second-order valence-electron chi connectivity index (χ2n) is 6.09. The van der Waals surface area contributed by atoms with Crippen molar-refractivity contribution in [2.24, 2.45) is 0 Å². The zero-order valence-corrected chi connectivity index (χ0v) is 15.2. The molecule has 0 aliphatic carbocycles. The first-order chi connectivity index (χ1) is 12.4. The molecule has 0 fully saturated rings. The van der Waals surface area contributed by atoms with Gasteiger partial charge >= 0.3 is 0 Å². The van der Waals surface area contributed by atoms with Crippen LogP contribution >= 0.6 is 0 Å². The number of aryl methyl sites for hydroxylation is 1. The van der Waals surface area contributed by atoms with Gasteiger partial charge in [0.1, 0.15) is 0 Å². The van der Waals surface area contributed by atoms with E-state index in [0.29, 0.717) is 21.7 Å². The highest BCUT2D eigenvalue weighted by molar-refractivity contribution is 7.90. The first-order valence-corrected chi connectivity index (χ1v) is 9.84. The number of benzene rings is 3. The summed E-state index contributed by atoms with van der Waals surface area (Å²) in [5.74, 6) is -0.284. The number of hydrogen-bond donors (Lipinski definition) is 1. The van der Waals surface area contributed by atoms with Crippen LogP contribution < -0.4 is 5.32 Å². The van der Waals surface area contributed by atoms with Crippen molar-refractivity contribution in [3.05, 3.63) is 95.6 Å². The van der Waals surface area contributed by atoms with Crippen LogP contribution in [0.5, 0.6) is 0 Å². The highest BCUT2D eigenvalue weighted by Gasteiger charge is 2.15. The van der Waals surface area contributed by atoms with Crippen LogP contribution in [0.1, 0.15) is 21.5 Å². The van der Waals surface area contributed by atoms with Gasteiger partial charge in [-0.1, -0.05) is 48.0 Å². The summed E-state index contributed by atoms with van der Waals surface area (Å²) < 4.78 is 25.0. The summed E-state index contributed by atoms with van der Waals surface area (Å²) in [5, 5.41) is 2.80. The molecule has 26 heavy (non-hydrogen) atoms. The maximum absolute atomic E-state index is 12.5. The van der Waals surface area contributed by atoms with Gasteiger partial charge < -0.3 is 5.32 Å². The summed E-state index contributed by atoms with van der Waals surface area (Å²) in [6.45, 7) is 1.92. The molecule has 3 aromatic carbocycles. The van der Waals surface area contributed by atoms with Crippen LogP contribution in [0, 0.1) is 6.92 Å². The standard InChI is InChI=1S/C21H19NO3S/c1-16-7-13-20(14-8-16)26(24,25)15-17-9-11-19(12-10-17)22-21(23)18-5-3-2-4-6-18/h2-14H,15H2,1H3,(H,22,23). The molecule has 3 aromatic rings. The maximum atomic E-state index is 12.5. The van der Waals surface area contributed by atoms with E-state index in [0.717, 1.165) is 5.56 Å². The van der Waals surface area contributed by atoms with Crippen molar-refractivity contribution in [2.75, 3.05) is 5.32 Å². The molecule has 132 valence electrons. The number of amides is 1. The molecule has 0 saturated heterocycles. The summed E-state index contributed by atoms with van der Waals surface area (Å²) in [6, 6.07) is 22.6. The second kappa shape index (κ2) is 7.54. The molecule has 3 rings (SSSR count). The summed E-state index contributed by atoms with van der Waals surface area (Å²) in [6.07, 6.45) is 0. The van der Waals surface area contributed by atoms with Gasteiger partial charge in [-0.25, -0.2) is 8.42 Å². The lowest BCUT2D eigenvalue weighted by Gasteiger charge is -2.08. The molecule has 1 amide bonds. The average molecular weight is 365 g/mol. The monoisotopic (exact) mass is 365 g/mol. The van der Waals surface area contributed by atoms with Crippen molar-refractivity contribution in [1.82, 2.24) is 0 Å². The van der Waals surface area contributed by atoms with Crippen LogP contribution in [0.3, 0.4) is 0 Å². The molecule has 0 unspecified atom stereocenters. The Balaban J connectivity index is 1.69. The molecule has 0 saturated carbocycles. The van der Waals surface area contributed by atoms with Crippen LogP contribution in [0.15, 0.2) is 83.8 Å². The fraction of sp³-hybridized carbons (Fsp3) is 0.0952. The number of sulfone groups is 1. The van der Waals surface area contributed by atoms with E-state index in [1.165, 1.54) is 0 Å².